The van der Waals surface area contributed by atoms with Crippen LogP contribution in [0, 0.1) is 5.82 Å². The van der Waals surface area contributed by atoms with E-state index in [9.17, 15) is 14.0 Å². The number of hydrogen-bond donors (Lipinski definition) is 2. The molecule has 1 aromatic carbocycles. The first-order valence-corrected chi connectivity index (χ1v) is 7.98. The summed E-state index contributed by atoms with van der Waals surface area (Å²) in [6, 6.07) is 3.52. The van der Waals surface area contributed by atoms with Gasteiger partial charge >= 0.3 is 6.03 Å². The number of carbonyl (C=O) groups is 2. The lowest BCUT2D eigenvalue weighted by Crippen LogP contribution is -2.46. The minimum Gasteiger partial charge on any atom is -0.487 e. The lowest BCUT2D eigenvalue weighted by Gasteiger charge is -2.37. The summed E-state index contributed by atoms with van der Waals surface area (Å²) >= 11 is 0. The van der Waals surface area contributed by atoms with E-state index in [0.29, 0.717) is 18.7 Å². The number of rotatable bonds is 4. The molecule has 6 nitrogen and oxygen atoms in total. The molecule has 1 aromatic rings. The lowest BCUT2D eigenvalue weighted by molar-refractivity contribution is -0.128. The zero-order chi connectivity index (χ0) is 17.9. The van der Waals surface area contributed by atoms with Gasteiger partial charge < -0.3 is 20.3 Å². The standard InChI is InChI=1S/C17H24FN3O3/c1-5-21(4)15(22)10-19-16(23)20-13-9-17(2,3)24-14-8-11(18)6-7-12(13)14/h6-8,13H,5,9-10H2,1-4H3,(H2,19,20,23)/t13-/m0/s1. The van der Waals surface area contributed by atoms with Crippen LogP contribution in [0.1, 0.15) is 38.8 Å². The minimum atomic E-state index is -0.531. The van der Waals surface area contributed by atoms with Crippen LogP contribution in [0.5, 0.6) is 5.75 Å². The molecular formula is C17H24FN3O3. The van der Waals surface area contributed by atoms with Gasteiger partial charge in [-0.1, -0.05) is 6.07 Å². The molecule has 0 aliphatic carbocycles. The quantitative estimate of drug-likeness (QED) is 0.885. The van der Waals surface area contributed by atoms with Gasteiger partial charge in [-0.05, 0) is 26.8 Å². The lowest BCUT2D eigenvalue weighted by atomic mass is 9.90. The van der Waals surface area contributed by atoms with E-state index in [-0.39, 0.29) is 24.3 Å². The number of ether oxygens (including phenoxy) is 1. The molecule has 2 rings (SSSR count). The van der Waals surface area contributed by atoms with Gasteiger partial charge in [-0.3, -0.25) is 4.79 Å². The van der Waals surface area contributed by atoms with Crippen molar-refractivity contribution < 1.29 is 18.7 Å². The van der Waals surface area contributed by atoms with E-state index in [1.54, 1.807) is 13.1 Å². The molecule has 1 aliphatic rings. The van der Waals surface area contributed by atoms with Crippen molar-refractivity contribution in [3.05, 3.63) is 29.6 Å². The summed E-state index contributed by atoms with van der Waals surface area (Å²) in [6.45, 7) is 6.13. The van der Waals surface area contributed by atoms with Crippen molar-refractivity contribution in [2.45, 2.75) is 38.8 Å². The summed E-state index contributed by atoms with van der Waals surface area (Å²) in [5, 5.41) is 5.40. The van der Waals surface area contributed by atoms with Gasteiger partial charge in [0.2, 0.25) is 5.91 Å². The van der Waals surface area contributed by atoms with E-state index < -0.39 is 11.6 Å². The van der Waals surface area contributed by atoms with Gasteiger partial charge in [0.1, 0.15) is 17.2 Å². The Morgan fingerprint density at radius 3 is 2.79 bits per heavy atom. The maximum absolute atomic E-state index is 13.4. The van der Waals surface area contributed by atoms with Crippen LogP contribution in [0.3, 0.4) is 0 Å². The fourth-order valence-corrected chi connectivity index (χ4v) is 2.63. The van der Waals surface area contributed by atoms with E-state index in [2.05, 4.69) is 10.6 Å². The summed E-state index contributed by atoms with van der Waals surface area (Å²) in [5.41, 5.74) is 0.194. The molecule has 0 radical (unpaired) electrons. The zero-order valence-electron chi connectivity index (χ0n) is 14.5. The summed E-state index contributed by atoms with van der Waals surface area (Å²) < 4.78 is 19.2. The number of hydrogen-bond acceptors (Lipinski definition) is 3. The molecule has 1 aliphatic heterocycles. The van der Waals surface area contributed by atoms with E-state index in [1.165, 1.54) is 17.0 Å². The summed E-state index contributed by atoms with van der Waals surface area (Å²) in [6.07, 6.45) is 0.544. The highest BCUT2D eigenvalue weighted by molar-refractivity contribution is 5.84. The molecule has 2 N–H and O–H groups in total. The van der Waals surface area contributed by atoms with Crippen molar-refractivity contribution in [1.82, 2.24) is 15.5 Å². The molecule has 0 bridgehead atoms. The van der Waals surface area contributed by atoms with Gasteiger partial charge in [-0.2, -0.15) is 0 Å². The van der Waals surface area contributed by atoms with Crippen LogP contribution in [0.4, 0.5) is 9.18 Å². The fourth-order valence-electron chi connectivity index (χ4n) is 2.63. The maximum atomic E-state index is 13.4. The van der Waals surface area contributed by atoms with E-state index >= 15 is 0 Å². The number of carbonyl (C=O) groups excluding carboxylic acids is 2. The van der Waals surface area contributed by atoms with E-state index in [0.717, 1.165) is 5.56 Å². The smallest absolute Gasteiger partial charge is 0.315 e. The third kappa shape index (κ3) is 4.37. The van der Waals surface area contributed by atoms with E-state index in [4.69, 9.17) is 4.74 Å². The van der Waals surface area contributed by atoms with Crippen LogP contribution in [-0.4, -0.2) is 42.6 Å². The van der Waals surface area contributed by atoms with Gasteiger partial charge in [0.25, 0.3) is 0 Å². The normalized spacial score (nSPS) is 18.1. The second-order valence-corrected chi connectivity index (χ2v) is 6.54. The predicted octanol–water partition coefficient (Wildman–Crippen LogP) is 2.21. The largest absolute Gasteiger partial charge is 0.487 e. The van der Waals surface area contributed by atoms with Crippen molar-refractivity contribution in [2.24, 2.45) is 0 Å². The number of urea groups is 1. The Bertz CT molecular complexity index is 634. The number of likely N-dealkylation sites (N-methyl/N-ethyl adjacent to an activating group) is 1. The second kappa shape index (κ2) is 7.07. The van der Waals surface area contributed by atoms with Crippen LogP contribution >= 0.6 is 0 Å². The third-order valence-corrected chi connectivity index (χ3v) is 4.04. The van der Waals surface area contributed by atoms with Gasteiger partial charge in [0.15, 0.2) is 0 Å². The highest BCUT2D eigenvalue weighted by atomic mass is 19.1. The molecule has 24 heavy (non-hydrogen) atoms. The van der Waals surface area contributed by atoms with Gasteiger partial charge in [-0.15, -0.1) is 0 Å². The van der Waals surface area contributed by atoms with Crippen molar-refractivity contribution >= 4 is 11.9 Å². The van der Waals surface area contributed by atoms with Gasteiger partial charge in [-0.25, -0.2) is 9.18 Å². The van der Waals surface area contributed by atoms with Crippen LogP contribution in [-0.2, 0) is 4.79 Å². The molecule has 0 aromatic heterocycles. The fraction of sp³-hybridized carbons (Fsp3) is 0.529. The predicted molar refractivity (Wildman–Crippen MR) is 88.3 cm³/mol. The number of amides is 3. The Morgan fingerprint density at radius 2 is 2.12 bits per heavy atom. The molecule has 0 spiro atoms. The monoisotopic (exact) mass is 337 g/mol. The molecule has 132 valence electrons. The van der Waals surface area contributed by atoms with Crippen LogP contribution in [0.15, 0.2) is 18.2 Å². The molecule has 1 atom stereocenters. The summed E-state index contributed by atoms with van der Waals surface area (Å²) in [5.74, 6) is -0.122. The van der Waals surface area contributed by atoms with Crippen molar-refractivity contribution in [3.8, 4) is 5.75 Å². The molecule has 3 amide bonds. The molecule has 0 fully saturated rings. The summed E-state index contributed by atoms with van der Waals surface area (Å²) in [4.78, 5) is 25.4. The molecule has 7 heteroatoms. The van der Waals surface area contributed by atoms with Crippen molar-refractivity contribution in [2.75, 3.05) is 20.1 Å². The number of nitrogens with one attached hydrogen (secondary N) is 2. The Morgan fingerprint density at radius 1 is 1.42 bits per heavy atom. The first-order chi connectivity index (χ1) is 11.2. The van der Waals surface area contributed by atoms with Crippen LogP contribution < -0.4 is 15.4 Å². The SMILES string of the molecule is CCN(C)C(=O)CNC(=O)N[C@H]1CC(C)(C)Oc2cc(F)ccc21. The van der Waals surface area contributed by atoms with Crippen molar-refractivity contribution in [3.63, 3.8) is 0 Å². The molecular weight excluding hydrogens is 313 g/mol. The van der Waals surface area contributed by atoms with Crippen molar-refractivity contribution in [1.29, 1.82) is 0 Å². The second-order valence-electron chi connectivity index (χ2n) is 6.54. The average molecular weight is 337 g/mol. The zero-order valence-corrected chi connectivity index (χ0v) is 14.5. The Labute approximate surface area is 141 Å². The maximum Gasteiger partial charge on any atom is 0.315 e. The number of nitrogens with zero attached hydrogens (tertiary/aromatic N) is 1. The topological polar surface area (TPSA) is 70.7 Å². The molecule has 0 saturated carbocycles. The van der Waals surface area contributed by atoms with Gasteiger partial charge in [0.05, 0.1) is 12.6 Å². The average Bonchev–Trinajstić information content (AvgIpc) is 2.50. The first kappa shape index (κ1) is 18.0. The van der Waals surface area contributed by atoms with E-state index in [1.807, 2.05) is 20.8 Å². The first-order valence-electron chi connectivity index (χ1n) is 7.98. The number of halogens is 1. The van der Waals surface area contributed by atoms with Crippen LogP contribution in [0.25, 0.3) is 0 Å². The third-order valence-electron chi connectivity index (χ3n) is 4.04. The minimum absolute atomic E-state index is 0.0704. The number of benzene rings is 1. The highest BCUT2D eigenvalue weighted by Gasteiger charge is 2.34. The highest BCUT2D eigenvalue weighted by Crippen LogP contribution is 2.39. The number of fused-ring (bicyclic) bond motifs is 1. The Hall–Kier alpha value is -2.31. The molecule has 0 unspecified atom stereocenters. The molecule has 1 heterocycles. The molecule has 0 saturated heterocycles. The Kier molecular flexibility index (Phi) is 5.31. The Balaban J connectivity index is 2.04. The van der Waals surface area contributed by atoms with Gasteiger partial charge in [0, 0.05) is 31.6 Å². The van der Waals surface area contributed by atoms with Crippen LogP contribution in [0.2, 0.25) is 0 Å². The summed E-state index contributed by atoms with van der Waals surface area (Å²) in [7, 11) is 1.67.